The van der Waals surface area contributed by atoms with E-state index in [0.29, 0.717) is 5.75 Å². The van der Waals surface area contributed by atoms with Gasteiger partial charge in [-0.3, -0.25) is 0 Å². The molecule has 1 aliphatic heterocycles. The first-order chi connectivity index (χ1) is 28.7. The van der Waals surface area contributed by atoms with E-state index >= 15 is 0 Å². The molecule has 0 spiro atoms. The van der Waals surface area contributed by atoms with Crippen molar-refractivity contribution >= 4 is 38.9 Å². The van der Waals surface area contributed by atoms with Crippen molar-refractivity contribution in [3.05, 3.63) is 218 Å². The molecule has 2 heterocycles. The van der Waals surface area contributed by atoms with Crippen LogP contribution in [0.5, 0.6) is 23.0 Å². The zero-order valence-corrected chi connectivity index (χ0v) is 31.5. The van der Waals surface area contributed by atoms with Crippen LogP contribution in [0.1, 0.15) is 0 Å². The second-order valence-electron chi connectivity index (χ2n) is 14.6. The van der Waals surface area contributed by atoms with E-state index in [-0.39, 0.29) is 0 Å². The first-order valence-corrected chi connectivity index (χ1v) is 19.6. The van der Waals surface area contributed by atoms with Gasteiger partial charge in [-0.25, -0.2) is 0 Å². The Kier molecular flexibility index (Phi) is 8.11. The first-order valence-electron chi connectivity index (χ1n) is 19.6. The van der Waals surface area contributed by atoms with Crippen LogP contribution >= 0.6 is 0 Å². The van der Waals surface area contributed by atoms with Crippen molar-refractivity contribution in [3.8, 4) is 62.1 Å². The highest BCUT2D eigenvalue weighted by Crippen LogP contribution is 2.48. The Morgan fingerprint density at radius 1 is 0.293 bits per heavy atom. The van der Waals surface area contributed by atoms with E-state index in [9.17, 15) is 0 Å². The number of rotatable bonds is 7. The second kappa shape index (κ2) is 14.0. The highest BCUT2D eigenvalue weighted by Gasteiger charge is 2.22. The molecule has 4 heteroatoms. The molecule has 0 aliphatic carbocycles. The van der Waals surface area contributed by atoms with Crippen LogP contribution in [0.4, 0.5) is 17.1 Å². The molecule has 58 heavy (non-hydrogen) atoms. The summed E-state index contributed by atoms with van der Waals surface area (Å²) in [5, 5.41) is 2.28. The van der Waals surface area contributed by atoms with Crippen molar-refractivity contribution in [2.75, 3.05) is 4.90 Å². The van der Waals surface area contributed by atoms with E-state index in [4.69, 9.17) is 9.47 Å². The number of ether oxygens (including phenoxy) is 2. The molecular weight excluding hydrogens is 709 g/mol. The Hall–Kier alpha value is -7.82. The Morgan fingerprint density at radius 3 is 1.19 bits per heavy atom. The van der Waals surface area contributed by atoms with E-state index in [1.54, 1.807) is 0 Å². The van der Waals surface area contributed by atoms with Crippen LogP contribution in [0.3, 0.4) is 0 Å². The maximum Gasteiger partial charge on any atom is 0.172 e. The lowest BCUT2D eigenvalue weighted by molar-refractivity contribution is 0.360. The minimum Gasteiger partial charge on any atom is -0.449 e. The fourth-order valence-corrected chi connectivity index (χ4v) is 8.19. The van der Waals surface area contributed by atoms with Gasteiger partial charge in [-0.05, 0) is 106 Å². The van der Waals surface area contributed by atoms with E-state index in [1.165, 1.54) is 22.3 Å². The molecule has 0 radical (unpaired) electrons. The monoisotopic (exact) mass is 744 g/mol. The summed E-state index contributed by atoms with van der Waals surface area (Å²) in [6, 6.07) is 77.0. The maximum atomic E-state index is 6.34. The number of aromatic nitrogens is 1. The number of para-hydroxylation sites is 3. The quantitative estimate of drug-likeness (QED) is 0.163. The average Bonchev–Trinajstić information content (AvgIpc) is 3.62. The molecule has 0 fully saturated rings. The normalized spacial score (nSPS) is 11.7. The van der Waals surface area contributed by atoms with Crippen molar-refractivity contribution in [2.24, 2.45) is 0 Å². The standard InChI is InChI=1S/C54H36N2O2/c1-3-11-37(12-4-1)39-19-27-43(28-20-39)55(44-29-21-40(22-30-44)38-13-5-2-6-14-38)45-31-23-41(24-32-45)42-25-33-46(34-26-42)56-49-16-8-7-15-47(49)48-35-53-54(36-50(48)56)58-52-18-10-9-17-51(52)57-53/h1-36H. The third-order valence-corrected chi connectivity index (χ3v) is 11.1. The summed E-state index contributed by atoms with van der Waals surface area (Å²) in [4.78, 5) is 2.32. The zero-order valence-electron chi connectivity index (χ0n) is 31.5. The van der Waals surface area contributed by atoms with Crippen LogP contribution < -0.4 is 14.4 Å². The van der Waals surface area contributed by atoms with E-state index in [1.807, 2.05) is 24.3 Å². The summed E-state index contributed by atoms with van der Waals surface area (Å²) in [5.74, 6) is 2.88. The zero-order chi connectivity index (χ0) is 38.4. The Morgan fingerprint density at radius 2 is 0.690 bits per heavy atom. The summed E-state index contributed by atoms with van der Waals surface area (Å²) in [5.41, 5.74) is 13.6. The Labute approximate surface area is 337 Å². The van der Waals surface area contributed by atoms with Gasteiger partial charge in [0, 0.05) is 39.6 Å². The molecule has 11 rings (SSSR count). The molecule has 0 unspecified atom stereocenters. The Bertz CT molecular complexity index is 2980. The number of fused-ring (bicyclic) bond motifs is 5. The third kappa shape index (κ3) is 5.96. The highest BCUT2D eigenvalue weighted by atomic mass is 16.6. The molecule has 1 aromatic heterocycles. The largest absolute Gasteiger partial charge is 0.449 e. The Balaban J connectivity index is 0.928. The lowest BCUT2D eigenvalue weighted by atomic mass is 10.0. The lowest BCUT2D eigenvalue weighted by Crippen LogP contribution is -2.09. The van der Waals surface area contributed by atoms with Gasteiger partial charge in [0.15, 0.2) is 23.0 Å². The maximum absolute atomic E-state index is 6.34. The van der Waals surface area contributed by atoms with Gasteiger partial charge >= 0.3 is 0 Å². The minimum atomic E-state index is 0.709. The summed E-state index contributed by atoms with van der Waals surface area (Å²) in [6.45, 7) is 0. The summed E-state index contributed by atoms with van der Waals surface area (Å²) in [7, 11) is 0. The number of anilines is 3. The third-order valence-electron chi connectivity index (χ3n) is 11.1. The molecule has 0 bridgehead atoms. The molecule has 10 aromatic rings. The fraction of sp³-hybridized carbons (Fsp3) is 0. The van der Waals surface area contributed by atoms with Crippen molar-refractivity contribution in [3.63, 3.8) is 0 Å². The smallest absolute Gasteiger partial charge is 0.172 e. The molecule has 1 aliphatic rings. The molecular formula is C54H36N2O2. The number of hydrogen-bond donors (Lipinski definition) is 0. The molecule has 9 aromatic carbocycles. The predicted octanol–water partition coefficient (Wildman–Crippen LogP) is 15.2. The molecule has 4 nitrogen and oxygen atoms in total. The lowest BCUT2D eigenvalue weighted by Gasteiger charge is -2.26. The van der Waals surface area contributed by atoms with E-state index in [2.05, 4.69) is 204 Å². The summed E-state index contributed by atoms with van der Waals surface area (Å²) >= 11 is 0. The van der Waals surface area contributed by atoms with Gasteiger partial charge in [0.2, 0.25) is 0 Å². The topological polar surface area (TPSA) is 26.6 Å². The van der Waals surface area contributed by atoms with Gasteiger partial charge in [0.05, 0.1) is 11.0 Å². The minimum absolute atomic E-state index is 0.709. The van der Waals surface area contributed by atoms with Crippen molar-refractivity contribution < 1.29 is 9.47 Å². The van der Waals surface area contributed by atoms with Gasteiger partial charge < -0.3 is 18.9 Å². The van der Waals surface area contributed by atoms with Crippen molar-refractivity contribution in [2.45, 2.75) is 0 Å². The molecule has 0 N–H and O–H groups in total. The van der Waals surface area contributed by atoms with Crippen LogP contribution in [-0.2, 0) is 0 Å². The highest BCUT2D eigenvalue weighted by molar-refractivity contribution is 6.10. The van der Waals surface area contributed by atoms with Gasteiger partial charge in [-0.15, -0.1) is 0 Å². The van der Waals surface area contributed by atoms with Crippen LogP contribution in [-0.4, -0.2) is 4.57 Å². The van der Waals surface area contributed by atoms with Gasteiger partial charge in [-0.2, -0.15) is 0 Å². The van der Waals surface area contributed by atoms with Gasteiger partial charge in [-0.1, -0.05) is 140 Å². The van der Waals surface area contributed by atoms with Crippen LogP contribution in [0, 0.1) is 0 Å². The molecule has 0 amide bonds. The van der Waals surface area contributed by atoms with Crippen LogP contribution in [0.25, 0.3) is 60.9 Å². The van der Waals surface area contributed by atoms with Crippen LogP contribution in [0.15, 0.2) is 218 Å². The second-order valence-corrected chi connectivity index (χ2v) is 14.6. The predicted molar refractivity (Wildman–Crippen MR) is 238 cm³/mol. The first kappa shape index (κ1) is 33.5. The SMILES string of the molecule is c1ccc(-c2ccc(N(c3ccc(-c4ccccc4)cc3)c3ccc(-c4ccc(-n5c6ccccc6c6cc7c(cc65)Oc5ccccc5O7)cc4)cc3)cc2)cc1. The number of nitrogens with zero attached hydrogens (tertiary/aromatic N) is 2. The van der Waals surface area contributed by atoms with Crippen LogP contribution in [0.2, 0.25) is 0 Å². The summed E-state index contributed by atoms with van der Waals surface area (Å²) < 4.78 is 14.9. The van der Waals surface area contributed by atoms with E-state index < -0.39 is 0 Å². The molecule has 274 valence electrons. The summed E-state index contributed by atoms with van der Waals surface area (Å²) in [6.07, 6.45) is 0. The fourth-order valence-electron chi connectivity index (χ4n) is 8.19. The molecule has 0 saturated carbocycles. The van der Waals surface area contributed by atoms with Gasteiger partial charge in [0.1, 0.15) is 0 Å². The van der Waals surface area contributed by atoms with Crippen molar-refractivity contribution in [1.29, 1.82) is 0 Å². The van der Waals surface area contributed by atoms with Crippen molar-refractivity contribution in [1.82, 2.24) is 4.57 Å². The number of hydrogen-bond acceptors (Lipinski definition) is 3. The van der Waals surface area contributed by atoms with Gasteiger partial charge in [0.25, 0.3) is 0 Å². The molecule has 0 atom stereocenters. The number of benzene rings is 9. The average molecular weight is 745 g/mol. The molecule has 0 saturated heterocycles. The van der Waals surface area contributed by atoms with E-state index in [0.717, 1.165) is 72.9 Å².